The zero-order valence-corrected chi connectivity index (χ0v) is 10.3. The number of carbonyl (C=O) groups is 1. The first-order valence-corrected chi connectivity index (χ1v) is 5.60. The maximum absolute atomic E-state index is 12.6. The molecule has 2 N–H and O–H groups in total. The van der Waals surface area contributed by atoms with E-state index in [1.54, 1.807) is 0 Å². The summed E-state index contributed by atoms with van der Waals surface area (Å²) in [5.41, 5.74) is -1.65. The molecule has 20 heavy (non-hydrogen) atoms. The average Bonchev–Trinajstić information content (AvgIpc) is 2.71. The van der Waals surface area contributed by atoms with Gasteiger partial charge in [0.1, 0.15) is 5.69 Å². The fourth-order valence-electron chi connectivity index (χ4n) is 1.83. The molecule has 0 saturated carbocycles. The number of nitrogens with one attached hydrogen (secondary N) is 1. The number of aryl methyl sites for hydroxylation is 1. The van der Waals surface area contributed by atoms with E-state index in [0.717, 1.165) is 6.07 Å². The van der Waals surface area contributed by atoms with Crippen LogP contribution in [0, 0.1) is 6.92 Å². The van der Waals surface area contributed by atoms with Crippen LogP contribution in [0.5, 0.6) is 0 Å². The Morgan fingerprint density at radius 3 is 2.70 bits per heavy atom. The van der Waals surface area contributed by atoms with Crippen molar-refractivity contribution in [3.63, 3.8) is 0 Å². The molecule has 2 heterocycles. The van der Waals surface area contributed by atoms with E-state index < -0.39 is 23.4 Å². The first-order valence-electron chi connectivity index (χ1n) is 5.60. The van der Waals surface area contributed by atoms with Crippen LogP contribution < -0.4 is 5.56 Å². The number of fused-ring (bicyclic) bond motifs is 1. The zero-order chi connectivity index (χ0) is 15.1. The summed E-state index contributed by atoms with van der Waals surface area (Å²) in [7, 11) is 0. The number of halogens is 3. The molecule has 2 aromatic heterocycles. The molecule has 0 saturated heterocycles. The van der Waals surface area contributed by atoms with Gasteiger partial charge < -0.3 is 5.11 Å². The highest BCUT2D eigenvalue weighted by atomic mass is 19.4. The lowest BCUT2D eigenvalue weighted by Crippen LogP contribution is -2.23. The lowest BCUT2D eigenvalue weighted by Gasteiger charge is -2.03. The van der Waals surface area contributed by atoms with Crippen LogP contribution >= 0.6 is 0 Å². The van der Waals surface area contributed by atoms with Crippen molar-refractivity contribution in [1.82, 2.24) is 14.6 Å². The summed E-state index contributed by atoms with van der Waals surface area (Å²) in [6, 6.07) is 0.732. The van der Waals surface area contributed by atoms with Crippen LogP contribution in [0.15, 0.2) is 10.9 Å². The third kappa shape index (κ3) is 2.51. The second kappa shape index (κ2) is 4.66. The number of alkyl halides is 3. The van der Waals surface area contributed by atoms with E-state index in [1.165, 1.54) is 6.92 Å². The molecule has 2 aromatic rings. The molecule has 0 aliphatic rings. The first kappa shape index (κ1) is 14.1. The number of H-pyrrole nitrogens is 1. The van der Waals surface area contributed by atoms with Gasteiger partial charge in [-0.1, -0.05) is 0 Å². The summed E-state index contributed by atoms with van der Waals surface area (Å²) in [6.07, 6.45) is -5.00. The number of nitrogens with zero attached hydrogens (tertiary/aromatic N) is 2. The Kier molecular flexibility index (Phi) is 3.28. The van der Waals surface area contributed by atoms with Crippen molar-refractivity contribution in [2.75, 3.05) is 0 Å². The monoisotopic (exact) mass is 289 g/mol. The molecule has 0 amide bonds. The summed E-state index contributed by atoms with van der Waals surface area (Å²) in [5.74, 6) is -1.10. The minimum atomic E-state index is -4.62. The van der Waals surface area contributed by atoms with Crippen molar-refractivity contribution in [3.05, 3.63) is 33.4 Å². The highest BCUT2D eigenvalue weighted by Crippen LogP contribution is 2.28. The predicted octanol–water partition coefficient (Wildman–Crippen LogP) is 1.37. The lowest BCUT2D eigenvalue weighted by atomic mass is 10.1. The van der Waals surface area contributed by atoms with E-state index in [9.17, 15) is 22.8 Å². The molecule has 108 valence electrons. The third-order valence-electron chi connectivity index (χ3n) is 2.81. The summed E-state index contributed by atoms with van der Waals surface area (Å²) < 4.78 is 38.4. The van der Waals surface area contributed by atoms with E-state index in [0.29, 0.717) is 4.52 Å². The number of hydrogen-bond donors (Lipinski definition) is 2. The molecule has 0 radical (unpaired) electrons. The summed E-state index contributed by atoms with van der Waals surface area (Å²) in [6.45, 7) is 1.46. The van der Waals surface area contributed by atoms with Crippen molar-refractivity contribution >= 4 is 11.6 Å². The standard InChI is InChI=1S/C11H10F3N3O3/c1-5-6(2-3-9(18)19)10(20)17-8(15-5)4-7(16-17)11(12,13)14/h4,16H,2-3H2,1H3,(H,18,19). The average molecular weight is 289 g/mol. The van der Waals surface area contributed by atoms with Crippen molar-refractivity contribution < 1.29 is 23.1 Å². The van der Waals surface area contributed by atoms with Crippen LogP contribution in [0.1, 0.15) is 23.4 Å². The van der Waals surface area contributed by atoms with E-state index >= 15 is 0 Å². The molecule has 9 heteroatoms. The van der Waals surface area contributed by atoms with Gasteiger partial charge in [-0.3, -0.25) is 14.7 Å². The van der Waals surface area contributed by atoms with Gasteiger partial charge in [0.2, 0.25) is 0 Å². The molecule has 2 rings (SSSR count). The highest BCUT2D eigenvalue weighted by molar-refractivity contribution is 5.67. The van der Waals surface area contributed by atoms with Gasteiger partial charge in [-0.15, -0.1) is 0 Å². The smallest absolute Gasteiger partial charge is 0.432 e. The maximum atomic E-state index is 12.6. The van der Waals surface area contributed by atoms with Gasteiger partial charge in [0.25, 0.3) is 5.56 Å². The minimum Gasteiger partial charge on any atom is -0.481 e. The Bertz CT molecular complexity index is 730. The molecule has 0 unspecified atom stereocenters. The lowest BCUT2D eigenvalue weighted by molar-refractivity contribution is -0.141. The van der Waals surface area contributed by atoms with Crippen molar-refractivity contribution in [2.45, 2.75) is 25.9 Å². The molecule has 0 fully saturated rings. The fourth-order valence-corrected chi connectivity index (χ4v) is 1.83. The molecule has 0 aromatic carbocycles. The highest BCUT2D eigenvalue weighted by Gasteiger charge is 2.33. The topological polar surface area (TPSA) is 87.5 Å². The van der Waals surface area contributed by atoms with Gasteiger partial charge in [0.15, 0.2) is 5.65 Å². The van der Waals surface area contributed by atoms with Crippen molar-refractivity contribution in [1.29, 1.82) is 0 Å². The molecule has 0 bridgehead atoms. The SMILES string of the molecule is Cc1nc2cc(C(F)(F)F)[nH]n2c(=O)c1CCC(=O)O. The largest absolute Gasteiger partial charge is 0.481 e. The van der Waals surface area contributed by atoms with Crippen LogP contribution in [0.4, 0.5) is 13.2 Å². The van der Waals surface area contributed by atoms with Gasteiger partial charge in [-0.2, -0.15) is 13.2 Å². The summed E-state index contributed by atoms with van der Waals surface area (Å²) in [4.78, 5) is 26.4. The third-order valence-corrected chi connectivity index (χ3v) is 2.81. The predicted molar refractivity (Wildman–Crippen MR) is 61.5 cm³/mol. The summed E-state index contributed by atoms with van der Waals surface area (Å²) >= 11 is 0. The van der Waals surface area contributed by atoms with Crippen molar-refractivity contribution in [2.24, 2.45) is 0 Å². The Morgan fingerprint density at radius 1 is 1.50 bits per heavy atom. The molecular formula is C11H10F3N3O3. The minimum absolute atomic E-state index is 0.0838. The van der Waals surface area contributed by atoms with E-state index in [-0.39, 0.29) is 29.7 Å². The van der Waals surface area contributed by atoms with E-state index in [4.69, 9.17) is 5.11 Å². The van der Waals surface area contributed by atoms with E-state index in [2.05, 4.69) is 4.98 Å². The van der Waals surface area contributed by atoms with Gasteiger partial charge in [0, 0.05) is 23.7 Å². The molecular weight excluding hydrogens is 279 g/mol. The van der Waals surface area contributed by atoms with Crippen LogP contribution in [0.3, 0.4) is 0 Å². The maximum Gasteiger partial charge on any atom is 0.432 e. The first-order chi connectivity index (χ1) is 9.20. The number of aliphatic carboxylic acids is 1. The fraction of sp³-hybridized carbons (Fsp3) is 0.364. The number of carboxylic acids is 1. The van der Waals surface area contributed by atoms with Crippen molar-refractivity contribution in [3.8, 4) is 0 Å². The van der Waals surface area contributed by atoms with Crippen LogP contribution in [-0.2, 0) is 17.4 Å². The summed E-state index contributed by atoms with van der Waals surface area (Å²) in [5, 5.41) is 10.5. The van der Waals surface area contributed by atoms with Gasteiger partial charge in [-0.05, 0) is 13.3 Å². The second-order valence-corrected chi connectivity index (χ2v) is 4.24. The normalized spacial score (nSPS) is 12.0. The number of aromatic amines is 1. The number of carboxylic acid groups (broad SMARTS) is 1. The van der Waals surface area contributed by atoms with Crippen LogP contribution in [-0.4, -0.2) is 25.7 Å². The van der Waals surface area contributed by atoms with Crippen LogP contribution in [0.25, 0.3) is 5.65 Å². The number of aromatic nitrogens is 3. The van der Waals surface area contributed by atoms with Crippen LogP contribution in [0.2, 0.25) is 0 Å². The quantitative estimate of drug-likeness (QED) is 0.893. The molecule has 0 atom stereocenters. The Labute approximate surface area is 109 Å². The Morgan fingerprint density at radius 2 is 2.15 bits per heavy atom. The number of hydrogen-bond acceptors (Lipinski definition) is 3. The molecule has 0 spiro atoms. The Balaban J connectivity index is 2.57. The molecule has 0 aliphatic carbocycles. The van der Waals surface area contributed by atoms with Gasteiger partial charge in [-0.25, -0.2) is 9.50 Å². The number of rotatable bonds is 3. The second-order valence-electron chi connectivity index (χ2n) is 4.24. The zero-order valence-electron chi connectivity index (χ0n) is 10.3. The Hall–Kier alpha value is -2.32. The van der Waals surface area contributed by atoms with Gasteiger partial charge in [0.05, 0.1) is 0 Å². The molecule has 0 aliphatic heterocycles. The van der Waals surface area contributed by atoms with E-state index in [1.807, 2.05) is 5.10 Å². The van der Waals surface area contributed by atoms with Gasteiger partial charge >= 0.3 is 12.1 Å². The molecule has 6 nitrogen and oxygen atoms in total.